The third kappa shape index (κ3) is 11.8. The summed E-state index contributed by atoms with van der Waals surface area (Å²) in [6.45, 7) is 6.12. The Morgan fingerprint density at radius 2 is 1.29 bits per heavy atom. The molecule has 0 aliphatic heterocycles. The SMILES string of the molecule is CCCCCCCCCCCCCC(=O)Nc1ccc(C(=O)NC(C)C)cc1. The van der Waals surface area contributed by atoms with Crippen LogP contribution in [0, 0.1) is 0 Å². The second-order valence-electron chi connectivity index (χ2n) is 8.04. The maximum absolute atomic E-state index is 12.0. The molecule has 0 atom stereocenters. The van der Waals surface area contributed by atoms with Crippen molar-refractivity contribution in [3.8, 4) is 0 Å². The van der Waals surface area contributed by atoms with Crippen LogP contribution in [0.3, 0.4) is 0 Å². The van der Waals surface area contributed by atoms with Crippen LogP contribution in [0.4, 0.5) is 5.69 Å². The molecule has 2 amide bonds. The van der Waals surface area contributed by atoms with Gasteiger partial charge in [-0.15, -0.1) is 0 Å². The van der Waals surface area contributed by atoms with E-state index in [-0.39, 0.29) is 17.9 Å². The summed E-state index contributed by atoms with van der Waals surface area (Å²) in [5.74, 6) is -0.0378. The zero-order valence-corrected chi connectivity index (χ0v) is 18.2. The summed E-state index contributed by atoms with van der Waals surface area (Å²) in [6, 6.07) is 7.17. The first kappa shape index (κ1) is 24.2. The Labute approximate surface area is 171 Å². The van der Waals surface area contributed by atoms with Gasteiger partial charge in [0, 0.05) is 23.7 Å². The maximum Gasteiger partial charge on any atom is 0.251 e. The molecule has 0 heterocycles. The molecule has 1 aromatic carbocycles. The van der Waals surface area contributed by atoms with Crippen LogP contribution >= 0.6 is 0 Å². The minimum atomic E-state index is -0.0890. The Kier molecular flexibility index (Phi) is 13.1. The molecule has 0 aromatic heterocycles. The second kappa shape index (κ2) is 15.1. The highest BCUT2D eigenvalue weighted by molar-refractivity contribution is 5.95. The number of nitrogens with one attached hydrogen (secondary N) is 2. The van der Waals surface area contributed by atoms with Crippen LogP contribution in [-0.4, -0.2) is 17.9 Å². The lowest BCUT2D eigenvalue weighted by atomic mass is 10.1. The molecule has 0 bridgehead atoms. The summed E-state index contributed by atoms with van der Waals surface area (Å²) in [4.78, 5) is 24.0. The standard InChI is InChI=1S/C24H40N2O2/c1-4-5-6-7-8-9-10-11-12-13-14-15-23(27)26-22-18-16-21(17-19-22)24(28)25-20(2)3/h16-20H,4-15H2,1-3H3,(H,25,28)(H,26,27). The number of unbranched alkanes of at least 4 members (excludes halogenated alkanes) is 10. The number of amides is 2. The van der Waals surface area contributed by atoms with Gasteiger partial charge in [-0.1, -0.05) is 71.1 Å². The van der Waals surface area contributed by atoms with Crippen molar-refractivity contribution < 1.29 is 9.59 Å². The summed E-state index contributed by atoms with van der Waals surface area (Å²) < 4.78 is 0. The largest absolute Gasteiger partial charge is 0.350 e. The van der Waals surface area contributed by atoms with E-state index >= 15 is 0 Å². The summed E-state index contributed by atoms with van der Waals surface area (Å²) in [5.41, 5.74) is 1.35. The number of hydrogen-bond acceptors (Lipinski definition) is 2. The number of hydrogen-bond donors (Lipinski definition) is 2. The van der Waals surface area contributed by atoms with Gasteiger partial charge >= 0.3 is 0 Å². The first-order valence-electron chi connectivity index (χ1n) is 11.2. The molecule has 28 heavy (non-hydrogen) atoms. The van der Waals surface area contributed by atoms with Crippen molar-refractivity contribution in [2.45, 2.75) is 104 Å². The van der Waals surface area contributed by atoms with Gasteiger partial charge in [-0.3, -0.25) is 9.59 Å². The van der Waals surface area contributed by atoms with E-state index in [0.717, 1.165) is 18.5 Å². The molecule has 0 saturated carbocycles. The highest BCUT2D eigenvalue weighted by Gasteiger charge is 2.07. The van der Waals surface area contributed by atoms with E-state index in [1.807, 2.05) is 13.8 Å². The average Bonchev–Trinajstić information content (AvgIpc) is 2.66. The summed E-state index contributed by atoms with van der Waals surface area (Å²) in [7, 11) is 0. The smallest absolute Gasteiger partial charge is 0.251 e. The van der Waals surface area contributed by atoms with Crippen LogP contribution in [0.1, 0.15) is 108 Å². The van der Waals surface area contributed by atoms with Crippen molar-refractivity contribution in [1.82, 2.24) is 5.32 Å². The van der Waals surface area contributed by atoms with Gasteiger partial charge in [-0.05, 0) is 44.5 Å². The number of benzene rings is 1. The van der Waals surface area contributed by atoms with Gasteiger partial charge in [0.2, 0.25) is 5.91 Å². The van der Waals surface area contributed by atoms with Gasteiger partial charge < -0.3 is 10.6 Å². The summed E-state index contributed by atoms with van der Waals surface area (Å²) >= 11 is 0. The van der Waals surface area contributed by atoms with Crippen molar-refractivity contribution in [1.29, 1.82) is 0 Å². The van der Waals surface area contributed by atoms with Gasteiger partial charge in [-0.25, -0.2) is 0 Å². The fourth-order valence-corrected chi connectivity index (χ4v) is 3.22. The van der Waals surface area contributed by atoms with E-state index in [1.54, 1.807) is 24.3 Å². The number of carbonyl (C=O) groups excluding carboxylic acids is 2. The van der Waals surface area contributed by atoms with Crippen LogP contribution in [0.2, 0.25) is 0 Å². The van der Waals surface area contributed by atoms with Crippen molar-refractivity contribution in [3.05, 3.63) is 29.8 Å². The van der Waals surface area contributed by atoms with E-state index in [4.69, 9.17) is 0 Å². The lowest BCUT2D eigenvalue weighted by Gasteiger charge is -2.09. The number of rotatable bonds is 15. The third-order valence-corrected chi connectivity index (χ3v) is 4.86. The Hall–Kier alpha value is -1.84. The summed E-state index contributed by atoms with van der Waals surface area (Å²) in [5, 5.41) is 5.77. The van der Waals surface area contributed by atoms with E-state index in [1.165, 1.54) is 57.8 Å². The zero-order chi connectivity index (χ0) is 20.6. The van der Waals surface area contributed by atoms with E-state index in [0.29, 0.717) is 12.0 Å². The van der Waals surface area contributed by atoms with Crippen molar-refractivity contribution in [2.24, 2.45) is 0 Å². The van der Waals surface area contributed by atoms with Crippen LogP contribution in [0.5, 0.6) is 0 Å². The lowest BCUT2D eigenvalue weighted by molar-refractivity contribution is -0.116. The molecule has 0 aliphatic carbocycles. The molecule has 0 aliphatic rings. The van der Waals surface area contributed by atoms with E-state index in [2.05, 4.69) is 17.6 Å². The molecule has 0 fully saturated rings. The highest BCUT2D eigenvalue weighted by Crippen LogP contribution is 2.13. The normalized spacial score (nSPS) is 10.9. The fraction of sp³-hybridized carbons (Fsp3) is 0.667. The number of anilines is 1. The molecule has 2 N–H and O–H groups in total. The Morgan fingerprint density at radius 1 is 0.786 bits per heavy atom. The quantitative estimate of drug-likeness (QED) is 0.339. The molecule has 1 rings (SSSR count). The molecule has 0 radical (unpaired) electrons. The molecular formula is C24H40N2O2. The van der Waals surface area contributed by atoms with Gasteiger partial charge in [-0.2, -0.15) is 0 Å². The predicted octanol–water partition coefficient (Wildman–Crippen LogP) is 6.46. The first-order chi connectivity index (χ1) is 13.5. The molecular weight excluding hydrogens is 348 g/mol. The third-order valence-electron chi connectivity index (χ3n) is 4.86. The van der Waals surface area contributed by atoms with Gasteiger partial charge in [0.25, 0.3) is 5.91 Å². The molecule has 4 heteroatoms. The molecule has 4 nitrogen and oxygen atoms in total. The second-order valence-corrected chi connectivity index (χ2v) is 8.04. The first-order valence-corrected chi connectivity index (χ1v) is 11.2. The van der Waals surface area contributed by atoms with E-state index < -0.39 is 0 Å². The topological polar surface area (TPSA) is 58.2 Å². The van der Waals surface area contributed by atoms with E-state index in [9.17, 15) is 9.59 Å². The van der Waals surface area contributed by atoms with Crippen molar-refractivity contribution in [2.75, 3.05) is 5.32 Å². The van der Waals surface area contributed by atoms with Crippen LogP contribution < -0.4 is 10.6 Å². The molecule has 0 saturated heterocycles. The Morgan fingerprint density at radius 3 is 1.79 bits per heavy atom. The number of carbonyl (C=O) groups is 2. The Bertz CT molecular complexity index is 552. The van der Waals surface area contributed by atoms with Crippen LogP contribution in [0.25, 0.3) is 0 Å². The monoisotopic (exact) mass is 388 g/mol. The molecule has 1 aromatic rings. The lowest BCUT2D eigenvalue weighted by Crippen LogP contribution is -2.29. The van der Waals surface area contributed by atoms with Crippen LogP contribution in [0.15, 0.2) is 24.3 Å². The highest BCUT2D eigenvalue weighted by atomic mass is 16.2. The zero-order valence-electron chi connectivity index (χ0n) is 18.2. The van der Waals surface area contributed by atoms with Gasteiger partial charge in [0.15, 0.2) is 0 Å². The Balaban J connectivity index is 2.08. The molecule has 0 spiro atoms. The fourth-order valence-electron chi connectivity index (χ4n) is 3.22. The minimum absolute atomic E-state index is 0.0512. The van der Waals surface area contributed by atoms with Crippen LogP contribution in [-0.2, 0) is 4.79 Å². The van der Waals surface area contributed by atoms with Crippen molar-refractivity contribution in [3.63, 3.8) is 0 Å². The average molecular weight is 389 g/mol. The predicted molar refractivity (Wildman–Crippen MR) is 119 cm³/mol. The van der Waals surface area contributed by atoms with Gasteiger partial charge in [0.1, 0.15) is 0 Å². The van der Waals surface area contributed by atoms with Crippen molar-refractivity contribution >= 4 is 17.5 Å². The molecule has 0 unspecified atom stereocenters. The van der Waals surface area contributed by atoms with Gasteiger partial charge in [0.05, 0.1) is 0 Å². The summed E-state index contributed by atoms with van der Waals surface area (Å²) in [6.07, 6.45) is 14.7. The molecule has 158 valence electrons. The minimum Gasteiger partial charge on any atom is -0.350 e. The maximum atomic E-state index is 12.0.